The number of benzene rings is 4. The summed E-state index contributed by atoms with van der Waals surface area (Å²) in [4.78, 5) is 29.8. The number of rotatable bonds is 12. The molecule has 4 aromatic carbocycles. The highest BCUT2D eigenvalue weighted by atomic mass is 35.5. The number of carbonyl (C=O) groups is 2. The number of halogens is 4. The van der Waals surface area contributed by atoms with Gasteiger partial charge in [-0.05, 0) is 61.2 Å². The Labute approximate surface area is 289 Å². The lowest BCUT2D eigenvalue weighted by molar-refractivity contribution is -0.140. The monoisotopic (exact) mass is 711 g/mol. The molecule has 12 heteroatoms. The number of alkyl halides is 3. The van der Waals surface area contributed by atoms with Crippen LogP contribution in [0.15, 0.2) is 108 Å². The van der Waals surface area contributed by atoms with Crippen LogP contribution in [0.4, 0.5) is 18.9 Å². The topological polar surface area (TPSA) is 86.8 Å². The maximum absolute atomic E-state index is 14.6. The van der Waals surface area contributed by atoms with E-state index < -0.39 is 51.0 Å². The normalized spacial score (nSPS) is 14.3. The Morgan fingerprint density at radius 3 is 2.10 bits per heavy atom. The SMILES string of the molecule is Cc1ccc(CN(C(=O)CN(c2ccc(Cl)c(C(F)(F)F)c2)S(=O)(=O)c2ccccc2)C(Cc2ccccc2)C(=O)NC2CCCC2)cc1. The molecular formula is C37H37ClF3N3O4S. The minimum Gasteiger partial charge on any atom is -0.352 e. The molecule has 1 N–H and O–H groups in total. The fourth-order valence-corrected chi connectivity index (χ4v) is 7.60. The third kappa shape index (κ3) is 9.01. The quantitative estimate of drug-likeness (QED) is 0.164. The van der Waals surface area contributed by atoms with E-state index in [9.17, 15) is 31.2 Å². The fourth-order valence-electron chi connectivity index (χ4n) is 5.95. The van der Waals surface area contributed by atoms with Gasteiger partial charge < -0.3 is 10.2 Å². The molecule has 7 nitrogen and oxygen atoms in total. The van der Waals surface area contributed by atoms with Crippen molar-refractivity contribution in [1.29, 1.82) is 0 Å². The van der Waals surface area contributed by atoms with E-state index >= 15 is 0 Å². The van der Waals surface area contributed by atoms with Crippen molar-refractivity contribution in [3.63, 3.8) is 0 Å². The Bertz CT molecular complexity index is 1850. The van der Waals surface area contributed by atoms with Crippen molar-refractivity contribution in [3.8, 4) is 0 Å². The molecule has 5 rings (SSSR count). The smallest absolute Gasteiger partial charge is 0.352 e. The summed E-state index contributed by atoms with van der Waals surface area (Å²) < 4.78 is 70.8. The Morgan fingerprint density at radius 1 is 0.878 bits per heavy atom. The van der Waals surface area contributed by atoms with Crippen LogP contribution in [0.5, 0.6) is 0 Å². The van der Waals surface area contributed by atoms with Crippen LogP contribution in [0.1, 0.15) is 47.9 Å². The molecule has 1 fully saturated rings. The van der Waals surface area contributed by atoms with E-state index in [1.165, 1.54) is 29.2 Å². The lowest BCUT2D eigenvalue weighted by Crippen LogP contribution is -2.54. The first-order valence-electron chi connectivity index (χ1n) is 16.0. The molecule has 2 amide bonds. The van der Waals surface area contributed by atoms with Gasteiger partial charge in [-0.2, -0.15) is 13.2 Å². The van der Waals surface area contributed by atoms with Gasteiger partial charge in [0.1, 0.15) is 12.6 Å². The molecule has 0 spiro atoms. The van der Waals surface area contributed by atoms with Gasteiger partial charge in [-0.1, -0.05) is 103 Å². The summed E-state index contributed by atoms with van der Waals surface area (Å²) >= 11 is 5.89. The lowest BCUT2D eigenvalue weighted by atomic mass is 10.0. The summed E-state index contributed by atoms with van der Waals surface area (Å²) in [5, 5.41) is 2.48. The summed E-state index contributed by atoms with van der Waals surface area (Å²) in [6, 6.07) is 25.2. The summed E-state index contributed by atoms with van der Waals surface area (Å²) in [7, 11) is -4.58. The van der Waals surface area contributed by atoms with E-state index in [-0.39, 0.29) is 29.8 Å². The van der Waals surface area contributed by atoms with Crippen LogP contribution in [0.2, 0.25) is 5.02 Å². The largest absolute Gasteiger partial charge is 0.417 e. The van der Waals surface area contributed by atoms with E-state index in [1.807, 2.05) is 61.5 Å². The number of hydrogen-bond donors (Lipinski definition) is 1. The number of anilines is 1. The number of nitrogens with zero attached hydrogens (tertiary/aromatic N) is 2. The number of amides is 2. The standard InChI is InChI=1S/C37H37ClF3N3O4S/c1-26-16-18-28(19-17-26)24-43(34(22-27-10-4-2-5-11-27)36(46)42-29-12-8-9-13-29)35(45)25-44(49(47,48)31-14-6-3-7-15-31)30-20-21-33(38)32(23-30)37(39,40)41/h2-7,10-11,14-21,23,29,34H,8-9,12-13,22,24-25H2,1H3,(H,42,46). The lowest BCUT2D eigenvalue weighted by Gasteiger charge is -2.34. The second kappa shape index (κ2) is 15.5. The summed E-state index contributed by atoms with van der Waals surface area (Å²) in [6.45, 7) is 0.972. The van der Waals surface area contributed by atoms with E-state index in [4.69, 9.17) is 11.6 Å². The predicted molar refractivity (Wildman–Crippen MR) is 183 cm³/mol. The number of carbonyl (C=O) groups excluding carboxylic acids is 2. The molecular weight excluding hydrogens is 675 g/mol. The highest BCUT2D eigenvalue weighted by molar-refractivity contribution is 7.92. The van der Waals surface area contributed by atoms with Crippen LogP contribution in [0.25, 0.3) is 0 Å². The molecule has 1 aliphatic carbocycles. The first-order valence-corrected chi connectivity index (χ1v) is 17.8. The molecule has 0 heterocycles. The van der Waals surface area contributed by atoms with Gasteiger partial charge in [-0.15, -0.1) is 0 Å². The zero-order valence-electron chi connectivity index (χ0n) is 26.9. The van der Waals surface area contributed by atoms with E-state index in [0.29, 0.717) is 15.9 Å². The van der Waals surface area contributed by atoms with Crippen molar-refractivity contribution in [2.75, 3.05) is 10.8 Å². The van der Waals surface area contributed by atoms with Gasteiger partial charge in [0.25, 0.3) is 10.0 Å². The van der Waals surface area contributed by atoms with Crippen molar-refractivity contribution in [2.24, 2.45) is 0 Å². The van der Waals surface area contributed by atoms with Crippen molar-refractivity contribution in [2.45, 2.75) is 68.7 Å². The minimum atomic E-state index is -4.89. The van der Waals surface area contributed by atoms with Crippen LogP contribution in [-0.2, 0) is 38.8 Å². The Hall–Kier alpha value is -4.35. The number of hydrogen-bond acceptors (Lipinski definition) is 4. The van der Waals surface area contributed by atoms with Crippen LogP contribution >= 0.6 is 11.6 Å². The number of nitrogens with one attached hydrogen (secondary N) is 1. The second-order valence-corrected chi connectivity index (χ2v) is 14.5. The van der Waals surface area contributed by atoms with E-state index in [1.54, 1.807) is 6.07 Å². The molecule has 0 aromatic heterocycles. The fraction of sp³-hybridized carbons (Fsp3) is 0.297. The highest BCUT2D eigenvalue weighted by Crippen LogP contribution is 2.38. The molecule has 49 heavy (non-hydrogen) atoms. The molecule has 258 valence electrons. The average Bonchev–Trinajstić information content (AvgIpc) is 3.59. The first kappa shape index (κ1) is 35.9. The first-order chi connectivity index (χ1) is 23.3. The Balaban J connectivity index is 1.60. The van der Waals surface area contributed by atoms with E-state index in [0.717, 1.165) is 48.9 Å². The van der Waals surface area contributed by atoms with E-state index in [2.05, 4.69) is 5.32 Å². The molecule has 1 unspecified atom stereocenters. The van der Waals surface area contributed by atoms with Crippen LogP contribution in [-0.4, -0.2) is 43.8 Å². The third-order valence-corrected chi connectivity index (χ3v) is 10.7. The van der Waals surface area contributed by atoms with Gasteiger partial charge in [0, 0.05) is 19.0 Å². The molecule has 0 bridgehead atoms. The summed E-state index contributed by atoms with van der Waals surface area (Å²) in [5.41, 5.74) is 0.789. The molecule has 1 aliphatic rings. The van der Waals surface area contributed by atoms with Crippen molar-refractivity contribution < 1.29 is 31.2 Å². The molecule has 0 aliphatic heterocycles. The molecule has 4 aromatic rings. The minimum absolute atomic E-state index is 0.0532. The molecule has 1 saturated carbocycles. The zero-order valence-corrected chi connectivity index (χ0v) is 28.4. The molecule has 0 radical (unpaired) electrons. The molecule has 0 saturated heterocycles. The van der Waals surface area contributed by atoms with Crippen molar-refractivity contribution >= 4 is 39.1 Å². The predicted octanol–water partition coefficient (Wildman–Crippen LogP) is 7.56. The van der Waals surface area contributed by atoms with Crippen LogP contribution in [0.3, 0.4) is 0 Å². The van der Waals surface area contributed by atoms with Gasteiger partial charge in [0.15, 0.2) is 0 Å². The summed E-state index contributed by atoms with van der Waals surface area (Å²) in [6.07, 6.45) is -1.23. The van der Waals surface area contributed by atoms with Gasteiger partial charge in [-0.25, -0.2) is 8.42 Å². The average molecular weight is 712 g/mol. The summed E-state index contributed by atoms with van der Waals surface area (Å²) in [5.74, 6) is -1.16. The van der Waals surface area contributed by atoms with Gasteiger partial charge in [-0.3, -0.25) is 13.9 Å². The van der Waals surface area contributed by atoms with Gasteiger partial charge >= 0.3 is 6.18 Å². The maximum Gasteiger partial charge on any atom is 0.417 e. The zero-order chi connectivity index (χ0) is 35.2. The highest BCUT2D eigenvalue weighted by Gasteiger charge is 2.38. The van der Waals surface area contributed by atoms with Crippen molar-refractivity contribution in [1.82, 2.24) is 10.2 Å². The number of sulfonamides is 1. The van der Waals surface area contributed by atoms with Gasteiger partial charge in [0.2, 0.25) is 11.8 Å². The third-order valence-electron chi connectivity index (χ3n) is 8.60. The maximum atomic E-state index is 14.6. The number of aryl methyl sites for hydroxylation is 1. The Morgan fingerprint density at radius 2 is 1.49 bits per heavy atom. The van der Waals surface area contributed by atoms with Crippen LogP contribution < -0.4 is 9.62 Å². The second-order valence-electron chi connectivity index (χ2n) is 12.2. The molecule has 1 atom stereocenters. The Kier molecular flexibility index (Phi) is 11.3. The van der Waals surface area contributed by atoms with Crippen molar-refractivity contribution in [3.05, 3.63) is 130 Å². The van der Waals surface area contributed by atoms with Gasteiger partial charge in [0.05, 0.1) is 21.2 Å². The van der Waals surface area contributed by atoms with Crippen LogP contribution in [0, 0.1) is 6.92 Å².